The minimum Gasteiger partial charge on any atom is -0.492 e. The van der Waals surface area contributed by atoms with E-state index in [1.807, 2.05) is 0 Å². The van der Waals surface area contributed by atoms with Crippen LogP contribution in [0.3, 0.4) is 0 Å². The second-order valence-corrected chi connectivity index (χ2v) is 4.63. The summed E-state index contributed by atoms with van der Waals surface area (Å²) in [7, 11) is 5.94. The van der Waals surface area contributed by atoms with E-state index < -0.39 is 0 Å². The first-order valence-corrected chi connectivity index (χ1v) is 7.20. The van der Waals surface area contributed by atoms with Crippen molar-refractivity contribution in [2.24, 2.45) is 0 Å². The molecule has 23 heavy (non-hydrogen) atoms. The van der Waals surface area contributed by atoms with Gasteiger partial charge in [-0.05, 0) is 0 Å². The second-order valence-electron chi connectivity index (χ2n) is 4.25. The van der Waals surface area contributed by atoms with Crippen LogP contribution in [0, 0.1) is 0 Å². The molecule has 0 atom stereocenters. The third-order valence-electron chi connectivity index (χ3n) is 2.89. The monoisotopic (exact) mass is 348 g/mol. The van der Waals surface area contributed by atoms with Crippen LogP contribution in [0.5, 0.6) is 23.0 Å². The number of hydrogen-bond acceptors (Lipinski definition) is 7. The van der Waals surface area contributed by atoms with E-state index in [1.165, 1.54) is 14.2 Å². The predicted octanol–water partition coefficient (Wildman–Crippen LogP) is 2.22. The highest BCUT2D eigenvalue weighted by atomic mass is 35.5. The van der Waals surface area contributed by atoms with Crippen molar-refractivity contribution < 1.29 is 33.2 Å². The van der Waals surface area contributed by atoms with Crippen molar-refractivity contribution >= 4 is 17.9 Å². The summed E-state index contributed by atoms with van der Waals surface area (Å²) in [5, 5.41) is 0.0888. The Morgan fingerprint density at radius 2 is 1.26 bits per heavy atom. The molecule has 0 saturated heterocycles. The van der Waals surface area contributed by atoms with Crippen LogP contribution in [0.15, 0.2) is 0 Å². The lowest BCUT2D eigenvalue weighted by atomic mass is 10.1. The number of aldehydes is 1. The van der Waals surface area contributed by atoms with E-state index in [0.29, 0.717) is 19.5 Å². The molecule has 0 fully saturated rings. The minimum absolute atomic E-state index is 0.0888. The van der Waals surface area contributed by atoms with Crippen molar-refractivity contribution in [1.82, 2.24) is 0 Å². The first kappa shape index (κ1) is 19.3. The van der Waals surface area contributed by atoms with Gasteiger partial charge < -0.3 is 28.4 Å². The fourth-order valence-electron chi connectivity index (χ4n) is 1.86. The van der Waals surface area contributed by atoms with E-state index in [1.54, 1.807) is 14.2 Å². The second kappa shape index (κ2) is 10.1. The molecule has 0 aliphatic heterocycles. The van der Waals surface area contributed by atoms with E-state index in [9.17, 15) is 4.79 Å². The molecule has 0 radical (unpaired) electrons. The molecule has 1 aromatic rings. The zero-order valence-corrected chi connectivity index (χ0v) is 14.4. The van der Waals surface area contributed by atoms with Gasteiger partial charge in [0.2, 0.25) is 11.5 Å². The summed E-state index contributed by atoms with van der Waals surface area (Å²) in [5.74, 6) is 0.838. The van der Waals surface area contributed by atoms with Crippen molar-refractivity contribution in [1.29, 1.82) is 0 Å². The summed E-state index contributed by atoms with van der Waals surface area (Å²) in [6, 6.07) is 0. The third-order valence-corrected chi connectivity index (χ3v) is 3.27. The number of methoxy groups -OCH3 is 4. The van der Waals surface area contributed by atoms with E-state index in [4.69, 9.17) is 40.0 Å². The fourth-order valence-corrected chi connectivity index (χ4v) is 2.15. The highest BCUT2D eigenvalue weighted by molar-refractivity contribution is 6.35. The lowest BCUT2D eigenvalue weighted by Gasteiger charge is -2.20. The quantitative estimate of drug-likeness (QED) is 0.448. The van der Waals surface area contributed by atoms with Crippen molar-refractivity contribution in [2.45, 2.75) is 0 Å². The van der Waals surface area contributed by atoms with Crippen LogP contribution < -0.4 is 18.9 Å². The number of hydrogen-bond donors (Lipinski definition) is 0. The average Bonchev–Trinajstić information content (AvgIpc) is 2.56. The van der Waals surface area contributed by atoms with Crippen molar-refractivity contribution in [3.63, 3.8) is 0 Å². The maximum Gasteiger partial charge on any atom is 0.209 e. The Morgan fingerprint density at radius 1 is 0.783 bits per heavy atom. The Balaban J connectivity index is 3.39. The Morgan fingerprint density at radius 3 is 1.65 bits per heavy atom. The average molecular weight is 349 g/mol. The summed E-state index contributed by atoms with van der Waals surface area (Å²) in [5.41, 5.74) is 0.123. The van der Waals surface area contributed by atoms with Crippen LogP contribution >= 0.6 is 11.6 Å². The summed E-state index contributed by atoms with van der Waals surface area (Å²) in [6.07, 6.45) is 0.575. The molecule has 8 heteroatoms. The molecule has 0 saturated carbocycles. The zero-order chi connectivity index (χ0) is 17.2. The SMILES string of the molecule is COCCOc1c(OC)c(Cl)c(C=O)c(OC)c1OCCOC. The number of benzene rings is 1. The molecule has 1 aromatic carbocycles. The van der Waals surface area contributed by atoms with E-state index in [-0.39, 0.29) is 46.8 Å². The van der Waals surface area contributed by atoms with Crippen molar-refractivity contribution in [3.8, 4) is 23.0 Å². The topological polar surface area (TPSA) is 72.5 Å². The third kappa shape index (κ3) is 4.63. The Labute approximate surface area is 140 Å². The number of carbonyl (C=O) groups excluding carboxylic acids is 1. The number of ether oxygens (including phenoxy) is 6. The molecule has 1 rings (SSSR count). The van der Waals surface area contributed by atoms with Gasteiger partial charge >= 0.3 is 0 Å². The number of carbonyl (C=O) groups is 1. The van der Waals surface area contributed by atoms with Crippen molar-refractivity contribution in [3.05, 3.63) is 10.6 Å². The molecule has 0 unspecified atom stereocenters. The summed E-state index contributed by atoms with van der Waals surface area (Å²) >= 11 is 6.22. The lowest BCUT2D eigenvalue weighted by Crippen LogP contribution is -2.11. The molecular formula is C15H21ClO7. The molecule has 0 spiro atoms. The van der Waals surface area contributed by atoms with E-state index >= 15 is 0 Å². The fraction of sp³-hybridized carbons (Fsp3) is 0.533. The lowest BCUT2D eigenvalue weighted by molar-refractivity contribution is 0.111. The van der Waals surface area contributed by atoms with Gasteiger partial charge in [0.25, 0.3) is 0 Å². The van der Waals surface area contributed by atoms with Gasteiger partial charge in [-0.3, -0.25) is 4.79 Å². The maximum atomic E-state index is 11.4. The van der Waals surface area contributed by atoms with Gasteiger partial charge in [0, 0.05) is 14.2 Å². The van der Waals surface area contributed by atoms with Crippen LogP contribution in [0.2, 0.25) is 5.02 Å². The maximum absolute atomic E-state index is 11.4. The van der Waals surface area contributed by atoms with E-state index in [0.717, 1.165) is 0 Å². The summed E-state index contributed by atoms with van der Waals surface area (Å²) in [4.78, 5) is 11.4. The van der Waals surface area contributed by atoms with Crippen LogP contribution in [0.4, 0.5) is 0 Å². The van der Waals surface area contributed by atoms with Crippen molar-refractivity contribution in [2.75, 3.05) is 54.9 Å². The van der Waals surface area contributed by atoms with Crippen LogP contribution in [0.25, 0.3) is 0 Å². The molecule has 7 nitrogen and oxygen atoms in total. The van der Waals surface area contributed by atoms with Gasteiger partial charge in [-0.25, -0.2) is 0 Å². The predicted molar refractivity (Wildman–Crippen MR) is 84.7 cm³/mol. The van der Waals surface area contributed by atoms with Crippen LogP contribution in [-0.2, 0) is 9.47 Å². The number of rotatable bonds is 11. The Bertz CT molecular complexity index is 519. The molecule has 0 amide bonds. The van der Waals surface area contributed by atoms with Gasteiger partial charge in [-0.1, -0.05) is 11.6 Å². The van der Waals surface area contributed by atoms with Crippen LogP contribution in [0.1, 0.15) is 10.4 Å². The minimum atomic E-state index is 0.0888. The Hall–Kier alpha value is -1.70. The van der Waals surface area contributed by atoms with Gasteiger partial charge in [-0.15, -0.1) is 0 Å². The zero-order valence-electron chi connectivity index (χ0n) is 13.6. The molecule has 0 aliphatic carbocycles. The van der Waals surface area contributed by atoms with Gasteiger partial charge in [0.05, 0.1) is 33.0 Å². The van der Waals surface area contributed by atoms with E-state index in [2.05, 4.69) is 0 Å². The molecule has 130 valence electrons. The molecular weight excluding hydrogens is 328 g/mol. The molecule has 0 bridgehead atoms. The summed E-state index contributed by atoms with van der Waals surface area (Å²) < 4.78 is 31.8. The highest BCUT2D eigenvalue weighted by Crippen LogP contribution is 2.51. The Kier molecular flexibility index (Phi) is 8.53. The van der Waals surface area contributed by atoms with Gasteiger partial charge in [0.15, 0.2) is 17.8 Å². The highest BCUT2D eigenvalue weighted by Gasteiger charge is 2.27. The van der Waals surface area contributed by atoms with Gasteiger partial charge in [-0.2, -0.15) is 0 Å². The standard InChI is InChI=1S/C15H21ClO7/c1-18-5-7-22-14-12(20-3)10(9-17)11(16)13(21-4)15(14)23-8-6-19-2/h9H,5-8H2,1-4H3. The molecule has 0 heterocycles. The number of halogens is 1. The molecule has 0 aromatic heterocycles. The largest absolute Gasteiger partial charge is 0.492 e. The van der Waals surface area contributed by atoms with Gasteiger partial charge in [0.1, 0.15) is 18.2 Å². The first-order valence-electron chi connectivity index (χ1n) is 6.82. The first-order chi connectivity index (χ1) is 11.2. The normalized spacial score (nSPS) is 10.3. The molecule has 0 N–H and O–H groups in total. The summed E-state index contributed by atoms with van der Waals surface area (Å²) in [6.45, 7) is 1.18. The molecule has 0 aliphatic rings. The van der Waals surface area contributed by atoms with Crippen LogP contribution in [-0.4, -0.2) is 61.2 Å². The smallest absolute Gasteiger partial charge is 0.209 e.